The fourth-order valence-corrected chi connectivity index (χ4v) is 3.35. The van der Waals surface area contributed by atoms with Gasteiger partial charge in [0.25, 0.3) is 5.91 Å². The Morgan fingerprint density at radius 1 is 1.36 bits per heavy atom. The van der Waals surface area contributed by atoms with Crippen LogP contribution in [0, 0.1) is 0 Å². The topological polar surface area (TPSA) is 72.3 Å². The third kappa shape index (κ3) is 4.56. The normalized spacial score (nSPS) is 13.9. The van der Waals surface area contributed by atoms with Crippen molar-refractivity contribution >= 4 is 15.7 Å². The molecule has 0 bridgehead atoms. The summed E-state index contributed by atoms with van der Waals surface area (Å²) in [5, 5.41) is 4.23. The van der Waals surface area contributed by atoms with Gasteiger partial charge < -0.3 is 4.90 Å². The number of carbonyl (C=O) groups is 1. The first-order valence-corrected chi connectivity index (χ1v) is 9.40. The van der Waals surface area contributed by atoms with E-state index in [1.165, 1.54) is 6.20 Å². The summed E-state index contributed by atoms with van der Waals surface area (Å²) in [4.78, 5) is 14.2. The molecule has 1 aromatic heterocycles. The van der Waals surface area contributed by atoms with E-state index < -0.39 is 9.84 Å². The molecule has 0 fully saturated rings. The summed E-state index contributed by atoms with van der Waals surface area (Å²) >= 11 is 0. The van der Waals surface area contributed by atoms with Gasteiger partial charge >= 0.3 is 0 Å². The fourth-order valence-electron chi connectivity index (χ4n) is 2.20. The monoisotopic (exact) mass is 329 g/mol. The largest absolute Gasteiger partial charge is 0.335 e. The molecule has 0 spiro atoms. The second-order valence-electron chi connectivity index (χ2n) is 6.48. The average molecular weight is 329 g/mol. The predicted octanol–water partition coefficient (Wildman–Crippen LogP) is 1.92. The first-order valence-electron chi connectivity index (χ1n) is 7.58. The van der Waals surface area contributed by atoms with Crippen molar-refractivity contribution < 1.29 is 13.2 Å². The van der Waals surface area contributed by atoms with Crippen LogP contribution in [-0.4, -0.2) is 53.1 Å². The van der Waals surface area contributed by atoms with Crippen molar-refractivity contribution in [1.29, 1.82) is 0 Å². The SMILES string of the molecule is CCN(C(=O)c1cnn(C(C)(C)C)c1)[C@@H](C)CS(=O)(=O)CC. The van der Waals surface area contributed by atoms with E-state index in [-0.39, 0.29) is 29.0 Å². The molecule has 0 aliphatic rings. The molecule has 6 nitrogen and oxygen atoms in total. The van der Waals surface area contributed by atoms with Crippen LogP contribution in [0.4, 0.5) is 0 Å². The first kappa shape index (κ1) is 18.7. The highest BCUT2D eigenvalue weighted by atomic mass is 32.2. The van der Waals surface area contributed by atoms with Crippen LogP contribution in [0.25, 0.3) is 0 Å². The van der Waals surface area contributed by atoms with E-state index in [2.05, 4.69) is 5.10 Å². The number of carbonyl (C=O) groups excluding carboxylic acids is 1. The first-order chi connectivity index (χ1) is 10.0. The fraction of sp³-hybridized carbons (Fsp3) is 0.733. The zero-order valence-corrected chi connectivity index (χ0v) is 15.1. The summed E-state index contributed by atoms with van der Waals surface area (Å²) in [6.45, 7) is 11.7. The molecule has 126 valence electrons. The van der Waals surface area contributed by atoms with Gasteiger partial charge in [0.05, 0.1) is 23.1 Å². The van der Waals surface area contributed by atoms with Crippen molar-refractivity contribution in [3.05, 3.63) is 18.0 Å². The van der Waals surface area contributed by atoms with Gasteiger partial charge in [0.2, 0.25) is 0 Å². The van der Waals surface area contributed by atoms with Crippen molar-refractivity contribution in [2.45, 2.75) is 53.1 Å². The molecule has 22 heavy (non-hydrogen) atoms. The lowest BCUT2D eigenvalue weighted by Gasteiger charge is -2.27. The molecule has 0 saturated heterocycles. The standard InChI is InChI=1S/C15H27N3O3S/c1-7-17(12(3)11-22(20,21)8-2)14(19)13-9-16-18(10-13)15(4,5)6/h9-10,12H,7-8,11H2,1-6H3/t12-/m0/s1. The highest BCUT2D eigenvalue weighted by Crippen LogP contribution is 2.15. The van der Waals surface area contributed by atoms with E-state index >= 15 is 0 Å². The molecule has 0 aliphatic heterocycles. The molecule has 1 amide bonds. The van der Waals surface area contributed by atoms with E-state index in [1.54, 1.807) is 29.6 Å². The van der Waals surface area contributed by atoms with Crippen LogP contribution < -0.4 is 0 Å². The number of aromatic nitrogens is 2. The van der Waals surface area contributed by atoms with Gasteiger partial charge in [-0.05, 0) is 34.6 Å². The van der Waals surface area contributed by atoms with Crippen LogP contribution >= 0.6 is 0 Å². The van der Waals surface area contributed by atoms with Gasteiger partial charge in [-0.15, -0.1) is 0 Å². The molecule has 0 radical (unpaired) electrons. The van der Waals surface area contributed by atoms with Gasteiger partial charge in [0.1, 0.15) is 0 Å². The molecule has 0 unspecified atom stereocenters. The summed E-state index contributed by atoms with van der Waals surface area (Å²) in [7, 11) is -3.12. The highest BCUT2D eigenvalue weighted by Gasteiger charge is 2.26. The number of hydrogen-bond donors (Lipinski definition) is 0. The summed E-state index contributed by atoms with van der Waals surface area (Å²) < 4.78 is 25.3. The Morgan fingerprint density at radius 2 is 1.95 bits per heavy atom. The van der Waals surface area contributed by atoms with Gasteiger partial charge in [0, 0.05) is 24.5 Å². The molecule has 0 saturated carbocycles. The number of nitrogens with zero attached hydrogens (tertiary/aromatic N) is 3. The maximum absolute atomic E-state index is 12.6. The van der Waals surface area contributed by atoms with E-state index in [9.17, 15) is 13.2 Å². The Morgan fingerprint density at radius 3 is 2.36 bits per heavy atom. The van der Waals surface area contributed by atoms with Crippen LogP contribution in [0.15, 0.2) is 12.4 Å². The lowest BCUT2D eigenvalue weighted by molar-refractivity contribution is 0.0719. The summed E-state index contributed by atoms with van der Waals surface area (Å²) in [6, 6.07) is -0.361. The Kier molecular flexibility index (Phi) is 5.78. The molecule has 1 rings (SSSR count). The van der Waals surface area contributed by atoms with Crippen LogP contribution in [0.3, 0.4) is 0 Å². The van der Waals surface area contributed by atoms with Crippen molar-refractivity contribution in [3.8, 4) is 0 Å². The third-order valence-electron chi connectivity index (χ3n) is 3.59. The van der Waals surface area contributed by atoms with Crippen LogP contribution in [0.2, 0.25) is 0 Å². The molecule has 1 atom stereocenters. The second kappa shape index (κ2) is 6.81. The molecular weight excluding hydrogens is 302 g/mol. The van der Waals surface area contributed by atoms with Crippen molar-refractivity contribution in [2.75, 3.05) is 18.1 Å². The summed E-state index contributed by atoms with van der Waals surface area (Å²) in [5.74, 6) is -0.113. The zero-order valence-electron chi connectivity index (χ0n) is 14.3. The second-order valence-corrected chi connectivity index (χ2v) is 8.88. The number of hydrogen-bond acceptors (Lipinski definition) is 4. The van der Waals surface area contributed by atoms with Crippen molar-refractivity contribution in [1.82, 2.24) is 14.7 Å². The summed E-state index contributed by atoms with van der Waals surface area (Å²) in [5.41, 5.74) is 0.282. The van der Waals surface area contributed by atoms with E-state index in [4.69, 9.17) is 0 Å². The lowest BCUT2D eigenvalue weighted by Crippen LogP contribution is -2.42. The Bertz CT molecular complexity index is 614. The van der Waals surface area contributed by atoms with Crippen molar-refractivity contribution in [3.63, 3.8) is 0 Å². The lowest BCUT2D eigenvalue weighted by atomic mass is 10.1. The average Bonchev–Trinajstić information content (AvgIpc) is 2.88. The van der Waals surface area contributed by atoms with Gasteiger partial charge in [-0.2, -0.15) is 5.10 Å². The molecular formula is C15H27N3O3S. The molecule has 7 heteroatoms. The smallest absolute Gasteiger partial charge is 0.257 e. The van der Waals surface area contributed by atoms with Gasteiger partial charge in [0.15, 0.2) is 9.84 Å². The Labute approximate surface area is 133 Å². The maximum Gasteiger partial charge on any atom is 0.257 e. The number of rotatable bonds is 6. The molecule has 0 aromatic carbocycles. The minimum atomic E-state index is -3.12. The van der Waals surface area contributed by atoms with Gasteiger partial charge in [-0.1, -0.05) is 6.92 Å². The molecule has 0 N–H and O–H groups in total. The molecule has 0 aliphatic carbocycles. The van der Waals surface area contributed by atoms with E-state index in [0.717, 1.165) is 0 Å². The van der Waals surface area contributed by atoms with E-state index in [1.807, 2.05) is 27.7 Å². The zero-order chi connectivity index (χ0) is 17.1. The number of amides is 1. The van der Waals surface area contributed by atoms with Gasteiger partial charge in [-0.25, -0.2) is 8.42 Å². The summed E-state index contributed by atoms with van der Waals surface area (Å²) in [6.07, 6.45) is 3.25. The van der Waals surface area contributed by atoms with Crippen LogP contribution in [0.1, 0.15) is 51.9 Å². The quantitative estimate of drug-likeness (QED) is 0.799. The minimum Gasteiger partial charge on any atom is -0.335 e. The molecule has 1 heterocycles. The van der Waals surface area contributed by atoms with E-state index in [0.29, 0.717) is 12.1 Å². The highest BCUT2D eigenvalue weighted by molar-refractivity contribution is 7.91. The Balaban J connectivity index is 2.95. The van der Waals surface area contributed by atoms with Crippen LogP contribution in [-0.2, 0) is 15.4 Å². The van der Waals surface area contributed by atoms with Crippen molar-refractivity contribution in [2.24, 2.45) is 0 Å². The maximum atomic E-state index is 12.6. The molecule has 1 aromatic rings. The number of sulfone groups is 1. The predicted molar refractivity (Wildman–Crippen MR) is 87.7 cm³/mol. The van der Waals surface area contributed by atoms with Crippen LogP contribution in [0.5, 0.6) is 0 Å². The minimum absolute atomic E-state index is 0.0174. The Hall–Kier alpha value is -1.37. The third-order valence-corrected chi connectivity index (χ3v) is 5.46. The van der Waals surface area contributed by atoms with Gasteiger partial charge in [-0.3, -0.25) is 9.48 Å².